The lowest BCUT2D eigenvalue weighted by Gasteiger charge is -2.45. The molecule has 3 rings (SSSR count). The monoisotopic (exact) mass is 430 g/mol. The molecule has 0 radical (unpaired) electrons. The highest BCUT2D eigenvalue weighted by atomic mass is 16.5. The third kappa shape index (κ3) is 6.06. The Labute approximate surface area is 184 Å². The van der Waals surface area contributed by atoms with E-state index in [0.29, 0.717) is 25.2 Å². The summed E-state index contributed by atoms with van der Waals surface area (Å²) in [6, 6.07) is 8.92. The number of esters is 1. The largest absolute Gasteiger partial charge is 0.480 e. The van der Waals surface area contributed by atoms with Gasteiger partial charge in [-0.2, -0.15) is 5.01 Å². The third-order valence-corrected chi connectivity index (χ3v) is 6.45. The molecule has 1 aliphatic carbocycles. The third-order valence-electron chi connectivity index (χ3n) is 6.45. The highest BCUT2D eigenvalue weighted by Crippen LogP contribution is 2.36. The second kappa shape index (κ2) is 11.3. The molecule has 31 heavy (non-hydrogen) atoms. The normalized spacial score (nSPS) is 22.5. The quantitative estimate of drug-likeness (QED) is 0.604. The van der Waals surface area contributed by atoms with Crippen molar-refractivity contribution in [2.75, 3.05) is 13.2 Å². The molecule has 1 amide bonds. The Bertz CT molecular complexity index is 754. The number of carbonyl (C=O) groups excluding carboxylic acids is 2. The first-order valence-corrected chi connectivity index (χ1v) is 11.5. The van der Waals surface area contributed by atoms with Gasteiger partial charge in [0.05, 0.1) is 12.6 Å². The van der Waals surface area contributed by atoms with E-state index in [1.165, 1.54) is 5.01 Å². The zero-order valence-corrected chi connectivity index (χ0v) is 18.4. The minimum Gasteiger partial charge on any atom is -0.480 e. The van der Waals surface area contributed by atoms with Crippen LogP contribution in [0, 0.1) is 5.92 Å². The van der Waals surface area contributed by atoms with Gasteiger partial charge in [0.15, 0.2) is 0 Å². The highest BCUT2D eigenvalue weighted by Gasteiger charge is 2.43. The number of carboxylic acid groups (broad SMARTS) is 1. The van der Waals surface area contributed by atoms with E-state index in [2.05, 4.69) is 0 Å². The van der Waals surface area contributed by atoms with Crippen molar-refractivity contribution in [3.63, 3.8) is 0 Å². The number of benzene rings is 1. The molecular formula is C24H34N2O5. The summed E-state index contributed by atoms with van der Waals surface area (Å²) < 4.78 is 5.34. The van der Waals surface area contributed by atoms with Crippen LogP contribution in [0.2, 0.25) is 0 Å². The van der Waals surface area contributed by atoms with Crippen LogP contribution in [0.1, 0.15) is 63.9 Å². The lowest BCUT2D eigenvalue weighted by atomic mass is 9.82. The van der Waals surface area contributed by atoms with Crippen molar-refractivity contribution in [2.24, 2.45) is 5.92 Å². The van der Waals surface area contributed by atoms with Crippen molar-refractivity contribution in [2.45, 2.75) is 76.8 Å². The number of carbonyl (C=O) groups is 3. The molecule has 1 saturated heterocycles. The number of ether oxygens (including phenoxy) is 1. The first-order valence-electron chi connectivity index (χ1n) is 11.5. The van der Waals surface area contributed by atoms with Crippen molar-refractivity contribution in [1.29, 1.82) is 0 Å². The van der Waals surface area contributed by atoms with Crippen LogP contribution in [0.3, 0.4) is 0 Å². The summed E-state index contributed by atoms with van der Waals surface area (Å²) in [6.45, 7) is 1.55. The van der Waals surface area contributed by atoms with Gasteiger partial charge in [-0.15, -0.1) is 0 Å². The number of hydrogen-bond donors (Lipinski definition) is 1. The van der Waals surface area contributed by atoms with E-state index < -0.39 is 24.5 Å². The summed E-state index contributed by atoms with van der Waals surface area (Å²) in [5, 5.41) is 12.8. The van der Waals surface area contributed by atoms with Gasteiger partial charge in [0.2, 0.25) is 5.91 Å². The molecule has 1 heterocycles. The minimum atomic E-state index is -1.06. The van der Waals surface area contributed by atoms with Gasteiger partial charge in [-0.1, -0.05) is 43.2 Å². The Morgan fingerprint density at radius 3 is 2.58 bits per heavy atom. The molecule has 0 spiro atoms. The van der Waals surface area contributed by atoms with Gasteiger partial charge in [0, 0.05) is 6.42 Å². The number of hydrogen-bond acceptors (Lipinski definition) is 5. The van der Waals surface area contributed by atoms with E-state index in [1.807, 2.05) is 30.3 Å². The van der Waals surface area contributed by atoms with Crippen molar-refractivity contribution in [3.8, 4) is 0 Å². The number of amides is 1. The second-order valence-electron chi connectivity index (χ2n) is 8.53. The van der Waals surface area contributed by atoms with Gasteiger partial charge >= 0.3 is 11.9 Å². The maximum atomic E-state index is 13.2. The van der Waals surface area contributed by atoms with Crippen molar-refractivity contribution >= 4 is 17.8 Å². The first-order chi connectivity index (χ1) is 15.0. The predicted molar refractivity (Wildman–Crippen MR) is 116 cm³/mol. The molecule has 0 aromatic heterocycles. The Kier molecular flexibility index (Phi) is 8.46. The molecule has 1 saturated carbocycles. The van der Waals surface area contributed by atoms with Crippen LogP contribution in [-0.4, -0.2) is 58.2 Å². The summed E-state index contributed by atoms with van der Waals surface area (Å²) in [4.78, 5) is 38.0. The van der Waals surface area contributed by atoms with Crippen molar-refractivity contribution < 1.29 is 24.2 Å². The van der Waals surface area contributed by atoms with Crippen LogP contribution in [0.25, 0.3) is 0 Å². The van der Waals surface area contributed by atoms with Gasteiger partial charge < -0.3 is 9.84 Å². The number of carboxylic acids is 1. The molecule has 0 bridgehead atoms. The van der Waals surface area contributed by atoms with Crippen LogP contribution in [-0.2, 0) is 25.5 Å². The minimum absolute atomic E-state index is 0.0447. The molecule has 1 N–H and O–H groups in total. The summed E-state index contributed by atoms with van der Waals surface area (Å²) in [6.07, 6.45) is 7.19. The molecule has 7 nitrogen and oxygen atoms in total. The number of aryl methyl sites for hydroxylation is 1. The Hall–Kier alpha value is -2.41. The zero-order valence-electron chi connectivity index (χ0n) is 18.4. The van der Waals surface area contributed by atoms with Crippen LogP contribution in [0.15, 0.2) is 30.3 Å². The fourth-order valence-corrected chi connectivity index (χ4v) is 5.05. The maximum absolute atomic E-state index is 13.2. The van der Waals surface area contributed by atoms with Crippen LogP contribution >= 0.6 is 0 Å². The van der Waals surface area contributed by atoms with Gasteiger partial charge in [0.25, 0.3) is 0 Å². The van der Waals surface area contributed by atoms with Gasteiger partial charge in [-0.3, -0.25) is 19.4 Å². The molecule has 7 heteroatoms. The number of hydrazine groups is 1. The number of fused-ring (bicyclic) bond motifs is 1. The summed E-state index contributed by atoms with van der Waals surface area (Å²) in [5.74, 6) is -1.25. The fourth-order valence-electron chi connectivity index (χ4n) is 5.05. The number of aliphatic carboxylic acids is 1. The van der Waals surface area contributed by atoms with E-state index in [0.717, 1.165) is 44.1 Å². The maximum Gasteiger partial charge on any atom is 0.325 e. The molecule has 3 atom stereocenters. The average Bonchev–Trinajstić information content (AvgIpc) is 2.92. The summed E-state index contributed by atoms with van der Waals surface area (Å²) in [7, 11) is 0. The lowest BCUT2D eigenvalue weighted by Crippen LogP contribution is -2.61. The smallest absolute Gasteiger partial charge is 0.325 e. The predicted octanol–water partition coefficient (Wildman–Crippen LogP) is 3.42. The zero-order chi connectivity index (χ0) is 22.2. The molecule has 2 fully saturated rings. The molecule has 1 aromatic rings. The van der Waals surface area contributed by atoms with E-state index in [9.17, 15) is 19.5 Å². The highest BCUT2D eigenvalue weighted by molar-refractivity contribution is 5.80. The van der Waals surface area contributed by atoms with E-state index in [4.69, 9.17) is 4.74 Å². The van der Waals surface area contributed by atoms with Crippen molar-refractivity contribution in [3.05, 3.63) is 35.9 Å². The molecular weight excluding hydrogens is 396 g/mol. The molecule has 170 valence electrons. The number of nitrogens with zero attached hydrogens (tertiary/aromatic N) is 2. The topological polar surface area (TPSA) is 87.2 Å². The second-order valence-corrected chi connectivity index (χ2v) is 8.53. The fraction of sp³-hybridized carbons (Fsp3) is 0.625. The SMILES string of the molecule is CCOC(=O)C(CCc1ccccc1)N(CC(=O)O)N1C(=O)CCCC2CCCCC21. The average molecular weight is 431 g/mol. The molecule has 2 aliphatic rings. The van der Waals surface area contributed by atoms with Crippen LogP contribution in [0.4, 0.5) is 0 Å². The first kappa shape index (κ1) is 23.3. The van der Waals surface area contributed by atoms with Gasteiger partial charge in [0.1, 0.15) is 12.6 Å². The number of rotatable bonds is 9. The Morgan fingerprint density at radius 2 is 1.87 bits per heavy atom. The Balaban J connectivity index is 1.92. The van der Waals surface area contributed by atoms with Gasteiger partial charge in [-0.25, -0.2) is 0 Å². The molecule has 1 aliphatic heterocycles. The van der Waals surface area contributed by atoms with E-state index in [1.54, 1.807) is 11.9 Å². The van der Waals surface area contributed by atoms with Crippen LogP contribution < -0.4 is 0 Å². The van der Waals surface area contributed by atoms with Crippen molar-refractivity contribution in [1.82, 2.24) is 10.0 Å². The van der Waals surface area contributed by atoms with Crippen LogP contribution in [0.5, 0.6) is 0 Å². The molecule has 1 aromatic carbocycles. The summed E-state index contributed by atoms with van der Waals surface area (Å²) in [5.41, 5.74) is 1.06. The molecule has 3 unspecified atom stereocenters. The lowest BCUT2D eigenvalue weighted by molar-refractivity contribution is -0.181. The van der Waals surface area contributed by atoms with E-state index in [-0.39, 0.29) is 18.6 Å². The summed E-state index contributed by atoms with van der Waals surface area (Å²) >= 11 is 0. The standard InChI is InChI=1S/C24H34N2O5/c1-2-31-24(30)21(16-15-18-9-4-3-5-10-18)25(17-23(28)29)26-20-13-7-6-11-19(20)12-8-14-22(26)27/h3-5,9-10,19-21H,2,6-8,11-17H2,1H3,(H,28,29). The van der Waals surface area contributed by atoms with Gasteiger partial charge in [-0.05, 0) is 56.9 Å². The van der Waals surface area contributed by atoms with E-state index >= 15 is 0 Å². The Morgan fingerprint density at radius 1 is 1.16 bits per heavy atom.